The Kier molecular flexibility index (Phi) is 11.7. The third kappa shape index (κ3) is 9.61. The normalized spacial score (nSPS) is 14.0. The van der Waals surface area contributed by atoms with Crippen LogP contribution in [0.15, 0.2) is 30.5 Å². The second-order valence-corrected chi connectivity index (χ2v) is 9.18. The molecule has 0 aliphatic rings. The van der Waals surface area contributed by atoms with E-state index in [1.54, 1.807) is 6.20 Å². The lowest BCUT2D eigenvalue weighted by molar-refractivity contribution is -0.141. The van der Waals surface area contributed by atoms with Crippen LogP contribution in [0.3, 0.4) is 0 Å². The van der Waals surface area contributed by atoms with E-state index >= 15 is 0 Å². The Labute approximate surface area is 228 Å². The third-order valence-electron chi connectivity index (χ3n) is 5.84. The van der Waals surface area contributed by atoms with Gasteiger partial charge in [0.1, 0.15) is 18.1 Å². The number of aliphatic carboxylic acids is 2. The summed E-state index contributed by atoms with van der Waals surface area (Å²) in [4.78, 5) is 75.4. The minimum atomic E-state index is -1.41. The van der Waals surface area contributed by atoms with E-state index in [-0.39, 0.29) is 31.4 Å². The van der Waals surface area contributed by atoms with Gasteiger partial charge in [-0.05, 0) is 30.9 Å². The Balaban J connectivity index is 2.15. The number of benzene rings is 1. The molecule has 0 saturated heterocycles. The Morgan fingerprint density at radius 1 is 0.872 bits per heavy atom. The number of nitrogens with one attached hydrogen (secondary N) is 4. The van der Waals surface area contributed by atoms with Gasteiger partial charge >= 0.3 is 11.9 Å². The van der Waals surface area contributed by atoms with Gasteiger partial charge in [0.25, 0.3) is 0 Å². The fourth-order valence-corrected chi connectivity index (χ4v) is 3.98. The number of fused-ring (bicyclic) bond motifs is 1. The fraction of sp³-hybridized carbons (Fsp3) is 0.417. The van der Waals surface area contributed by atoms with E-state index in [9.17, 15) is 33.9 Å². The number of carbonyl (C=O) groups excluding carboxylic acids is 4. The lowest BCUT2D eigenvalue weighted by Gasteiger charge is -2.24. The van der Waals surface area contributed by atoms with Crippen LogP contribution < -0.4 is 27.4 Å². The molecule has 1 aromatic carbocycles. The number of thiol groups is 1. The second-order valence-electron chi connectivity index (χ2n) is 8.81. The molecule has 0 spiro atoms. The first-order chi connectivity index (χ1) is 18.4. The van der Waals surface area contributed by atoms with Crippen LogP contribution in [0.4, 0.5) is 0 Å². The van der Waals surface area contributed by atoms with Crippen molar-refractivity contribution in [3.63, 3.8) is 0 Å². The maximum absolute atomic E-state index is 13.1. The van der Waals surface area contributed by atoms with Gasteiger partial charge < -0.3 is 42.6 Å². The SMILES string of the molecule is NC(=O)CCC(NC(=O)C(CCC(=O)O)NC(=O)C(N)Cc1c[nH]c2ccccc12)C(=O)NC(CS)C(=O)O. The van der Waals surface area contributed by atoms with Crippen LogP contribution >= 0.6 is 12.6 Å². The topological polar surface area (TPSA) is 247 Å². The lowest BCUT2D eigenvalue weighted by atomic mass is 10.0. The number of hydrogen-bond acceptors (Lipinski definition) is 8. The van der Waals surface area contributed by atoms with Crippen LogP contribution in [0.5, 0.6) is 0 Å². The fourth-order valence-electron chi connectivity index (χ4n) is 3.73. The van der Waals surface area contributed by atoms with Crippen LogP contribution in [-0.2, 0) is 35.2 Å². The minimum absolute atomic E-state index is 0.118. The summed E-state index contributed by atoms with van der Waals surface area (Å²) >= 11 is 3.87. The zero-order valence-electron chi connectivity index (χ0n) is 20.9. The number of amides is 4. The van der Waals surface area contributed by atoms with E-state index < -0.39 is 66.2 Å². The number of carboxylic acid groups (broad SMARTS) is 2. The average Bonchev–Trinajstić information content (AvgIpc) is 3.29. The number of carboxylic acids is 2. The highest BCUT2D eigenvalue weighted by Gasteiger charge is 2.30. The van der Waals surface area contributed by atoms with Crippen molar-refractivity contribution in [2.45, 2.75) is 56.3 Å². The van der Waals surface area contributed by atoms with Gasteiger partial charge in [0, 0.05) is 35.7 Å². The Morgan fingerprint density at radius 2 is 1.44 bits per heavy atom. The summed E-state index contributed by atoms with van der Waals surface area (Å²) < 4.78 is 0. The number of H-pyrrole nitrogens is 1. The molecule has 0 radical (unpaired) electrons. The number of para-hydroxylation sites is 1. The van der Waals surface area contributed by atoms with Crippen molar-refractivity contribution in [2.24, 2.45) is 11.5 Å². The Morgan fingerprint density at radius 3 is 2.00 bits per heavy atom. The lowest BCUT2D eigenvalue weighted by Crippen LogP contribution is -2.57. The number of carbonyl (C=O) groups is 6. The predicted octanol–water partition coefficient (Wildman–Crippen LogP) is -1.36. The molecule has 2 aromatic rings. The zero-order chi connectivity index (χ0) is 29.1. The van der Waals surface area contributed by atoms with Crippen LogP contribution in [0.25, 0.3) is 10.9 Å². The molecule has 0 bridgehead atoms. The molecule has 1 heterocycles. The van der Waals surface area contributed by atoms with E-state index in [0.717, 1.165) is 16.5 Å². The van der Waals surface area contributed by atoms with Crippen molar-refractivity contribution < 1.29 is 39.0 Å². The van der Waals surface area contributed by atoms with Crippen molar-refractivity contribution in [2.75, 3.05) is 5.75 Å². The summed E-state index contributed by atoms with van der Waals surface area (Å²) in [6, 6.07) is 2.12. The van der Waals surface area contributed by atoms with E-state index in [0.29, 0.717) is 0 Å². The van der Waals surface area contributed by atoms with Crippen LogP contribution in [0.1, 0.15) is 31.2 Å². The summed E-state index contributed by atoms with van der Waals surface area (Å²) in [5.74, 6) is -6.20. The molecule has 2 rings (SSSR count). The molecule has 0 aliphatic heterocycles. The van der Waals surface area contributed by atoms with Crippen LogP contribution in [-0.4, -0.2) is 80.7 Å². The van der Waals surface area contributed by atoms with Crippen molar-refractivity contribution in [3.8, 4) is 0 Å². The molecular weight excluding hydrogens is 532 g/mol. The first-order valence-corrected chi connectivity index (χ1v) is 12.6. The maximum Gasteiger partial charge on any atom is 0.327 e. The van der Waals surface area contributed by atoms with Gasteiger partial charge in [-0.2, -0.15) is 12.6 Å². The predicted molar refractivity (Wildman–Crippen MR) is 143 cm³/mol. The standard InChI is InChI=1S/C24H32N6O8S/c25-14(9-12-10-27-15-4-2-1-3-13(12)15)21(34)28-17(6-8-20(32)33)22(35)29-16(5-7-19(26)31)23(36)30-18(11-39)24(37)38/h1-4,10,14,16-18,27,39H,5-9,11,25H2,(H2,26,31)(H,28,34)(H,29,35)(H,30,36)(H,32,33)(H,37,38). The van der Waals surface area contributed by atoms with Crippen LogP contribution in [0.2, 0.25) is 0 Å². The first kappa shape index (κ1) is 31.1. The molecule has 14 nitrogen and oxygen atoms in total. The second kappa shape index (κ2) is 14.7. The highest BCUT2D eigenvalue weighted by atomic mass is 32.1. The number of aromatic amines is 1. The largest absolute Gasteiger partial charge is 0.481 e. The van der Waals surface area contributed by atoms with Crippen molar-refractivity contribution in [1.82, 2.24) is 20.9 Å². The Hall–Kier alpha value is -4.11. The van der Waals surface area contributed by atoms with Gasteiger partial charge in [0.15, 0.2) is 0 Å². The molecule has 4 unspecified atom stereocenters. The number of rotatable bonds is 16. The van der Waals surface area contributed by atoms with E-state index in [4.69, 9.17) is 16.6 Å². The molecule has 0 aliphatic carbocycles. The van der Waals surface area contributed by atoms with Crippen LogP contribution in [0, 0.1) is 0 Å². The molecular formula is C24H32N6O8S. The molecule has 1 aromatic heterocycles. The molecule has 10 N–H and O–H groups in total. The van der Waals surface area contributed by atoms with E-state index in [2.05, 4.69) is 33.6 Å². The van der Waals surface area contributed by atoms with Crippen molar-refractivity contribution in [3.05, 3.63) is 36.0 Å². The van der Waals surface area contributed by atoms with Gasteiger partial charge in [0.2, 0.25) is 23.6 Å². The molecule has 15 heteroatoms. The van der Waals surface area contributed by atoms with E-state index in [1.165, 1.54) is 0 Å². The summed E-state index contributed by atoms with van der Waals surface area (Å²) in [6.07, 6.45) is 0.418. The van der Waals surface area contributed by atoms with Gasteiger partial charge in [-0.25, -0.2) is 4.79 Å². The van der Waals surface area contributed by atoms with E-state index in [1.807, 2.05) is 24.3 Å². The summed E-state index contributed by atoms with van der Waals surface area (Å²) in [7, 11) is 0. The number of aromatic nitrogens is 1. The average molecular weight is 565 g/mol. The summed E-state index contributed by atoms with van der Waals surface area (Å²) in [5, 5.41) is 26.1. The summed E-state index contributed by atoms with van der Waals surface area (Å²) in [6.45, 7) is 0. The quantitative estimate of drug-likeness (QED) is 0.109. The first-order valence-electron chi connectivity index (χ1n) is 12.0. The molecule has 212 valence electrons. The van der Waals surface area contributed by atoms with Gasteiger partial charge in [-0.15, -0.1) is 0 Å². The maximum atomic E-state index is 13.1. The number of hydrogen-bond donors (Lipinski definition) is 9. The minimum Gasteiger partial charge on any atom is -0.481 e. The Bertz CT molecular complexity index is 1220. The molecule has 0 saturated carbocycles. The monoisotopic (exact) mass is 564 g/mol. The number of nitrogens with two attached hydrogens (primary N) is 2. The number of primary amides is 1. The zero-order valence-corrected chi connectivity index (χ0v) is 21.8. The molecule has 0 fully saturated rings. The highest BCUT2D eigenvalue weighted by molar-refractivity contribution is 7.80. The van der Waals surface area contributed by atoms with Gasteiger partial charge in [-0.3, -0.25) is 24.0 Å². The third-order valence-corrected chi connectivity index (χ3v) is 6.21. The smallest absolute Gasteiger partial charge is 0.327 e. The molecule has 39 heavy (non-hydrogen) atoms. The molecule has 4 amide bonds. The van der Waals surface area contributed by atoms with Crippen molar-refractivity contribution >= 4 is 59.1 Å². The van der Waals surface area contributed by atoms with Gasteiger partial charge in [-0.1, -0.05) is 18.2 Å². The van der Waals surface area contributed by atoms with Gasteiger partial charge in [0.05, 0.1) is 6.04 Å². The highest BCUT2D eigenvalue weighted by Crippen LogP contribution is 2.19. The van der Waals surface area contributed by atoms with Crippen molar-refractivity contribution in [1.29, 1.82) is 0 Å². The summed E-state index contributed by atoms with van der Waals surface area (Å²) in [5.41, 5.74) is 12.8. The molecule has 4 atom stereocenters.